The van der Waals surface area contributed by atoms with E-state index in [-0.39, 0.29) is 4.90 Å². The lowest BCUT2D eigenvalue weighted by Crippen LogP contribution is -2.30. The van der Waals surface area contributed by atoms with Gasteiger partial charge in [-0.2, -0.15) is 0 Å². The van der Waals surface area contributed by atoms with Crippen LogP contribution in [0.5, 0.6) is 0 Å². The number of hydrazine groups is 1. The maximum atomic E-state index is 11.6. The van der Waals surface area contributed by atoms with Crippen molar-refractivity contribution in [2.75, 3.05) is 0 Å². The van der Waals surface area contributed by atoms with E-state index in [1.165, 1.54) is 6.07 Å². The molecule has 5 nitrogen and oxygen atoms in total. The highest BCUT2D eigenvalue weighted by atomic mass is 32.2. The number of aryl methyl sites for hydroxylation is 1. The number of nitrogens with two attached hydrogens (primary N) is 1. The normalized spacial score (nSPS) is 11.9. The first-order chi connectivity index (χ1) is 7.54. The highest BCUT2D eigenvalue weighted by Crippen LogP contribution is 2.20. The number of nitrogens with one attached hydrogen (secondary N) is 1. The molecule has 0 aliphatic heterocycles. The van der Waals surface area contributed by atoms with Gasteiger partial charge in [0.05, 0.1) is 5.52 Å². The molecule has 0 bridgehead atoms. The summed E-state index contributed by atoms with van der Waals surface area (Å²) >= 11 is 0. The van der Waals surface area contributed by atoms with Gasteiger partial charge >= 0.3 is 0 Å². The first-order valence-electron chi connectivity index (χ1n) is 4.62. The third kappa shape index (κ3) is 1.78. The van der Waals surface area contributed by atoms with E-state index < -0.39 is 10.0 Å². The second-order valence-electron chi connectivity index (χ2n) is 3.46. The van der Waals surface area contributed by atoms with Crippen LogP contribution in [-0.4, -0.2) is 13.4 Å². The van der Waals surface area contributed by atoms with Gasteiger partial charge in [-0.3, -0.25) is 10.8 Å². The fourth-order valence-electron chi connectivity index (χ4n) is 1.52. The van der Waals surface area contributed by atoms with Gasteiger partial charge in [0.15, 0.2) is 0 Å². The van der Waals surface area contributed by atoms with E-state index in [9.17, 15) is 8.42 Å². The minimum Gasteiger partial charge on any atom is -0.257 e. The number of sulfonamides is 1. The Labute approximate surface area is 93.3 Å². The van der Waals surface area contributed by atoms with Crippen molar-refractivity contribution in [2.45, 2.75) is 11.8 Å². The maximum absolute atomic E-state index is 11.6. The molecule has 0 unspecified atom stereocenters. The number of hydrogen-bond donors (Lipinski definition) is 2. The van der Waals surface area contributed by atoms with Gasteiger partial charge in [0.25, 0.3) is 10.0 Å². The Kier molecular flexibility index (Phi) is 2.63. The van der Waals surface area contributed by atoms with Crippen LogP contribution in [-0.2, 0) is 10.0 Å². The zero-order valence-corrected chi connectivity index (χ0v) is 9.45. The third-order valence-electron chi connectivity index (χ3n) is 2.26. The number of rotatable bonds is 2. The van der Waals surface area contributed by atoms with Crippen molar-refractivity contribution in [1.29, 1.82) is 0 Å². The van der Waals surface area contributed by atoms with Gasteiger partial charge in [-0.25, -0.2) is 8.42 Å². The molecule has 0 aliphatic rings. The number of aromatic nitrogens is 1. The van der Waals surface area contributed by atoms with Crippen molar-refractivity contribution in [1.82, 2.24) is 9.82 Å². The second kappa shape index (κ2) is 3.82. The van der Waals surface area contributed by atoms with E-state index in [0.717, 1.165) is 10.9 Å². The van der Waals surface area contributed by atoms with Gasteiger partial charge < -0.3 is 0 Å². The predicted octanol–water partition coefficient (Wildman–Crippen LogP) is 0.695. The molecule has 0 aliphatic carbocycles. The molecule has 2 aromatic rings. The van der Waals surface area contributed by atoms with Crippen molar-refractivity contribution in [3.8, 4) is 0 Å². The molecule has 0 radical (unpaired) electrons. The predicted molar refractivity (Wildman–Crippen MR) is 61.0 cm³/mol. The van der Waals surface area contributed by atoms with Gasteiger partial charge in [-0.1, -0.05) is 12.1 Å². The van der Waals surface area contributed by atoms with E-state index in [1.807, 2.05) is 19.1 Å². The summed E-state index contributed by atoms with van der Waals surface area (Å²) in [7, 11) is -3.67. The number of benzene rings is 1. The van der Waals surface area contributed by atoms with Crippen molar-refractivity contribution in [3.05, 3.63) is 36.0 Å². The standard InChI is InChI=1S/C10H11N3O2S/c1-7-5-8-3-2-4-9(10(8)12-6-7)16(14,15)13-11/h2-6,13H,11H2,1H3. The number of para-hydroxylation sites is 1. The highest BCUT2D eigenvalue weighted by Gasteiger charge is 2.16. The van der Waals surface area contributed by atoms with Crippen LogP contribution >= 0.6 is 0 Å². The molecule has 0 saturated carbocycles. The van der Waals surface area contributed by atoms with Gasteiger partial charge in [-0.15, -0.1) is 4.83 Å². The van der Waals surface area contributed by atoms with E-state index in [2.05, 4.69) is 4.98 Å². The van der Waals surface area contributed by atoms with Gasteiger partial charge in [-0.05, 0) is 24.6 Å². The van der Waals surface area contributed by atoms with Crippen molar-refractivity contribution < 1.29 is 8.42 Å². The number of pyridine rings is 1. The Morgan fingerprint density at radius 1 is 1.38 bits per heavy atom. The summed E-state index contributed by atoms with van der Waals surface area (Å²) in [4.78, 5) is 6.01. The van der Waals surface area contributed by atoms with E-state index in [4.69, 9.17) is 5.84 Å². The molecule has 0 atom stereocenters. The first-order valence-corrected chi connectivity index (χ1v) is 6.11. The van der Waals surface area contributed by atoms with Crippen LogP contribution in [0.3, 0.4) is 0 Å². The van der Waals surface area contributed by atoms with Crippen LogP contribution in [0.4, 0.5) is 0 Å². The van der Waals surface area contributed by atoms with Crippen LogP contribution in [0.15, 0.2) is 35.4 Å². The monoisotopic (exact) mass is 237 g/mol. The van der Waals surface area contributed by atoms with Gasteiger partial charge in [0.1, 0.15) is 4.90 Å². The summed E-state index contributed by atoms with van der Waals surface area (Å²) in [5.41, 5.74) is 1.40. The minimum atomic E-state index is -3.67. The molecule has 0 spiro atoms. The summed E-state index contributed by atoms with van der Waals surface area (Å²) < 4.78 is 23.2. The summed E-state index contributed by atoms with van der Waals surface area (Å²) in [6, 6.07) is 6.82. The Morgan fingerprint density at radius 2 is 2.12 bits per heavy atom. The lowest BCUT2D eigenvalue weighted by molar-refractivity contribution is 0.585. The molecule has 1 heterocycles. The van der Waals surface area contributed by atoms with Crippen molar-refractivity contribution in [2.24, 2.45) is 5.84 Å². The maximum Gasteiger partial charge on any atom is 0.255 e. The number of nitrogens with zero attached hydrogens (tertiary/aromatic N) is 1. The summed E-state index contributed by atoms with van der Waals surface area (Å²) in [5.74, 6) is 4.99. The molecule has 0 amide bonds. The van der Waals surface area contributed by atoms with Crippen molar-refractivity contribution >= 4 is 20.9 Å². The molecule has 84 valence electrons. The van der Waals surface area contributed by atoms with E-state index in [0.29, 0.717) is 5.52 Å². The van der Waals surface area contributed by atoms with Gasteiger partial charge in [0.2, 0.25) is 0 Å². The zero-order chi connectivity index (χ0) is 11.8. The Morgan fingerprint density at radius 3 is 2.81 bits per heavy atom. The Hall–Kier alpha value is -1.50. The number of fused-ring (bicyclic) bond motifs is 1. The molecular formula is C10H11N3O2S. The molecule has 3 N–H and O–H groups in total. The lowest BCUT2D eigenvalue weighted by atomic mass is 10.2. The van der Waals surface area contributed by atoms with Crippen LogP contribution in [0.1, 0.15) is 5.56 Å². The van der Waals surface area contributed by atoms with E-state index in [1.54, 1.807) is 17.1 Å². The van der Waals surface area contributed by atoms with Gasteiger partial charge in [0, 0.05) is 11.6 Å². The molecule has 16 heavy (non-hydrogen) atoms. The molecule has 1 aromatic carbocycles. The fourth-order valence-corrected chi connectivity index (χ4v) is 2.33. The van der Waals surface area contributed by atoms with E-state index >= 15 is 0 Å². The molecule has 1 aromatic heterocycles. The van der Waals surface area contributed by atoms with Crippen LogP contribution in [0.2, 0.25) is 0 Å². The minimum absolute atomic E-state index is 0.0903. The SMILES string of the molecule is Cc1cnc2c(S(=O)(=O)NN)cccc2c1. The third-order valence-corrected chi connectivity index (χ3v) is 3.47. The quantitative estimate of drug-likeness (QED) is 0.594. The molecule has 2 rings (SSSR count). The van der Waals surface area contributed by atoms with Crippen LogP contribution in [0, 0.1) is 6.92 Å². The zero-order valence-electron chi connectivity index (χ0n) is 8.64. The Bertz CT molecular complexity index is 638. The largest absolute Gasteiger partial charge is 0.257 e. The molecule has 0 fully saturated rings. The molecular weight excluding hydrogens is 226 g/mol. The smallest absolute Gasteiger partial charge is 0.255 e. The van der Waals surface area contributed by atoms with Crippen LogP contribution < -0.4 is 10.7 Å². The Balaban J connectivity index is 2.82. The second-order valence-corrected chi connectivity index (χ2v) is 5.14. The summed E-state index contributed by atoms with van der Waals surface area (Å²) in [5, 5.41) is 0.774. The topological polar surface area (TPSA) is 85.1 Å². The van der Waals surface area contributed by atoms with Crippen LogP contribution in [0.25, 0.3) is 10.9 Å². The van der Waals surface area contributed by atoms with Crippen molar-refractivity contribution in [3.63, 3.8) is 0 Å². The average Bonchev–Trinajstić information content (AvgIpc) is 2.27. The lowest BCUT2D eigenvalue weighted by Gasteiger charge is -2.06. The highest BCUT2D eigenvalue weighted by molar-refractivity contribution is 7.89. The number of hydrogen-bond acceptors (Lipinski definition) is 4. The average molecular weight is 237 g/mol. The molecule has 0 saturated heterocycles. The molecule has 6 heteroatoms. The summed E-state index contributed by atoms with van der Waals surface area (Å²) in [6.07, 6.45) is 1.62. The fraction of sp³-hybridized carbons (Fsp3) is 0.100. The summed E-state index contributed by atoms with van der Waals surface area (Å²) in [6.45, 7) is 1.90. The first kappa shape index (κ1) is 11.0.